The highest BCUT2D eigenvalue weighted by Gasteiger charge is 2.15. The molecule has 0 amide bonds. The maximum Gasteiger partial charge on any atom is 0.123 e. The number of nitrogens with two attached hydrogens (primary N) is 1. The lowest BCUT2D eigenvalue weighted by Gasteiger charge is -2.34. The van der Waals surface area contributed by atoms with Gasteiger partial charge in [0.25, 0.3) is 0 Å². The fourth-order valence-electron chi connectivity index (χ4n) is 3.78. The number of hydrogen-bond acceptors (Lipinski definition) is 5. The third kappa shape index (κ3) is 3.80. The van der Waals surface area contributed by atoms with E-state index in [1.165, 1.54) is 22.9 Å². The normalized spacial score (nSPS) is 16.5. The number of rotatable bonds is 7. The molecule has 1 aliphatic rings. The monoisotopic (exact) mass is 353 g/mol. The molecule has 4 rings (SSSR count). The second-order valence-electron chi connectivity index (χ2n) is 6.99. The minimum Gasteiger partial charge on any atom is -0.361 e. The Hall–Kier alpha value is -2.22. The predicted molar refractivity (Wildman–Crippen MR) is 103 cm³/mol. The van der Waals surface area contributed by atoms with Crippen LogP contribution in [0.2, 0.25) is 0 Å². The smallest absolute Gasteiger partial charge is 0.123 e. The molecule has 1 aliphatic heterocycles. The van der Waals surface area contributed by atoms with Gasteiger partial charge >= 0.3 is 0 Å². The third-order valence-electron chi connectivity index (χ3n) is 5.30. The number of piperazine rings is 1. The Morgan fingerprint density at radius 3 is 2.46 bits per heavy atom. The van der Waals surface area contributed by atoms with E-state index in [0.717, 1.165) is 57.9 Å². The molecule has 0 radical (unpaired) electrons. The van der Waals surface area contributed by atoms with Gasteiger partial charge in [-0.05, 0) is 43.1 Å². The molecule has 1 fully saturated rings. The SMILES string of the molecule is NCCN1CCN(CCCc2c[nH]c3ccc(-n4cnnc4)cc23)CC1. The van der Waals surface area contributed by atoms with E-state index in [-0.39, 0.29) is 0 Å². The Kier molecular flexibility index (Phi) is 5.29. The topological polar surface area (TPSA) is 79.0 Å². The van der Waals surface area contributed by atoms with Gasteiger partial charge in [0.1, 0.15) is 12.7 Å². The first-order valence-electron chi connectivity index (χ1n) is 9.43. The number of aromatic amines is 1. The van der Waals surface area contributed by atoms with Crippen molar-refractivity contribution in [2.24, 2.45) is 5.73 Å². The van der Waals surface area contributed by atoms with Crippen molar-refractivity contribution in [3.05, 3.63) is 42.6 Å². The number of aryl methyl sites for hydroxylation is 1. The van der Waals surface area contributed by atoms with Crippen molar-refractivity contribution >= 4 is 10.9 Å². The summed E-state index contributed by atoms with van der Waals surface area (Å²) in [5, 5.41) is 9.09. The van der Waals surface area contributed by atoms with Gasteiger partial charge in [-0.15, -0.1) is 10.2 Å². The minimum atomic E-state index is 0.762. The Morgan fingerprint density at radius 2 is 1.73 bits per heavy atom. The van der Waals surface area contributed by atoms with Gasteiger partial charge in [-0.25, -0.2) is 0 Å². The van der Waals surface area contributed by atoms with Gasteiger partial charge in [0, 0.05) is 62.1 Å². The van der Waals surface area contributed by atoms with Gasteiger partial charge in [0.05, 0.1) is 0 Å². The molecule has 7 heteroatoms. The number of H-pyrrole nitrogens is 1. The van der Waals surface area contributed by atoms with Crippen LogP contribution in [0.3, 0.4) is 0 Å². The maximum atomic E-state index is 5.65. The van der Waals surface area contributed by atoms with Crippen molar-refractivity contribution in [3.63, 3.8) is 0 Å². The van der Waals surface area contributed by atoms with Crippen LogP contribution < -0.4 is 5.73 Å². The summed E-state index contributed by atoms with van der Waals surface area (Å²) in [4.78, 5) is 8.43. The Balaban J connectivity index is 1.35. The number of fused-ring (bicyclic) bond motifs is 1. The molecule has 7 nitrogen and oxygen atoms in total. The van der Waals surface area contributed by atoms with Crippen LogP contribution in [0.4, 0.5) is 0 Å². The molecule has 1 saturated heterocycles. The predicted octanol–water partition coefficient (Wildman–Crippen LogP) is 1.26. The summed E-state index contributed by atoms with van der Waals surface area (Å²) >= 11 is 0. The number of hydrogen-bond donors (Lipinski definition) is 2. The summed E-state index contributed by atoms with van der Waals surface area (Å²) in [6.45, 7) is 7.56. The zero-order valence-electron chi connectivity index (χ0n) is 15.1. The second-order valence-corrected chi connectivity index (χ2v) is 6.99. The standard InChI is InChI=1S/C19H27N7/c20-5-7-25-10-8-24(9-11-25)6-1-2-16-13-21-19-4-3-17(12-18(16)19)26-14-22-23-15-26/h3-4,12-15,21H,1-2,5-11,20H2. The van der Waals surface area contributed by atoms with Gasteiger partial charge < -0.3 is 15.6 Å². The number of nitrogens with zero attached hydrogens (tertiary/aromatic N) is 5. The van der Waals surface area contributed by atoms with Gasteiger partial charge in [-0.2, -0.15) is 0 Å². The summed E-state index contributed by atoms with van der Waals surface area (Å²) in [6.07, 6.45) is 7.89. The van der Waals surface area contributed by atoms with E-state index in [2.05, 4.69) is 49.4 Å². The number of benzene rings is 1. The lowest BCUT2D eigenvalue weighted by atomic mass is 10.1. The zero-order valence-corrected chi connectivity index (χ0v) is 15.1. The molecule has 0 atom stereocenters. The summed E-state index contributed by atoms with van der Waals surface area (Å²) in [7, 11) is 0. The van der Waals surface area contributed by atoms with E-state index in [1.807, 2.05) is 4.57 Å². The van der Waals surface area contributed by atoms with Crippen LogP contribution in [-0.4, -0.2) is 75.4 Å². The van der Waals surface area contributed by atoms with Crippen molar-refractivity contribution < 1.29 is 0 Å². The third-order valence-corrected chi connectivity index (χ3v) is 5.30. The van der Waals surface area contributed by atoms with E-state index < -0.39 is 0 Å². The van der Waals surface area contributed by atoms with Crippen molar-refractivity contribution in [3.8, 4) is 5.69 Å². The van der Waals surface area contributed by atoms with Crippen LogP contribution in [0.15, 0.2) is 37.1 Å². The molecule has 0 bridgehead atoms. The zero-order chi connectivity index (χ0) is 17.8. The molecule has 3 aromatic rings. The van der Waals surface area contributed by atoms with Crippen LogP contribution in [0.5, 0.6) is 0 Å². The average molecular weight is 353 g/mol. The largest absolute Gasteiger partial charge is 0.361 e. The highest BCUT2D eigenvalue weighted by atomic mass is 15.3. The van der Waals surface area contributed by atoms with Crippen LogP contribution >= 0.6 is 0 Å². The molecule has 138 valence electrons. The van der Waals surface area contributed by atoms with Gasteiger partial charge in [-0.1, -0.05) is 0 Å². The van der Waals surface area contributed by atoms with Crippen LogP contribution in [0.1, 0.15) is 12.0 Å². The lowest BCUT2D eigenvalue weighted by Crippen LogP contribution is -2.47. The summed E-state index contributed by atoms with van der Waals surface area (Å²) in [5.74, 6) is 0. The average Bonchev–Trinajstić information content (AvgIpc) is 3.33. The van der Waals surface area contributed by atoms with E-state index in [1.54, 1.807) is 12.7 Å². The van der Waals surface area contributed by atoms with E-state index >= 15 is 0 Å². The van der Waals surface area contributed by atoms with E-state index in [9.17, 15) is 0 Å². The highest BCUT2D eigenvalue weighted by Crippen LogP contribution is 2.23. The lowest BCUT2D eigenvalue weighted by molar-refractivity contribution is 0.134. The maximum absolute atomic E-state index is 5.65. The first kappa shape index (κ1) is 17.2. The molecular formula is C19H27N7. The van der Waals surface area contributed by atoms with Gasteiger partial charge in [0.15, 0.2) is 0 Å². The molecule has 0 unspecified atom stereocenters. The van der Waals surface area contributed by atoms with Crippen LogP contribution in [-0.2, 0) is 6.42 Å². The van der Waals surface area contributed by atoms with Crippen molar-refractivity contribution in [2.45, 2.75) is 12.8 Å². The quantitative estimate of drug-likeness (QED) is 0.668. The first-order valence-corrected chi connectivity index (χ1v) is 9.43. The molecule has 26 heavy (non-hydrogen) atoms. The Morgan fingerprint density at radius 1 is 1.00 bits per heavy atom. The molecule has 2 aromatic heterocycles. The summed E-state index contributed by atoms with van der Waals surface area (Å²) in [6, 6.07) is 6.44. The van der Waals surface area contributed by atoms with Crippen molar-refractivity contribution in [1.29, 1.82) is 0 Å². The fourth-order valence-corrected chi connectivity index (χ4v) is 3.78. The minimum absolute atomic E-state index is 0.762. The summed E-state index contributed by atoms with van der Waals surface area (Å²) in [5.41, 5.74) is 9.32. The number of aromatic nitrogens is 4. The van der Waals surface area contributed by atoms with Gasteiger partial charge in [0.2, 0.25) is 0 Å². The molecule has 1 aromatic carbocycles. The molecule has 0 aliphatic carbocycles. The van der Waals surface area contributed by atoms with Crippen molar-refractivity contribution in [1.82, 2.24) is 29.5 Å². The molecule has 3 N–H and O–H groups in total. The molecular weight excluding hydrogens is 326 g/mol. The fraction of sp³-hybridized carbons (Fsp3) is 0.474. The summed E-state index contributed by atoms with van der Waals surface area (Å²) < 4.78 is 1.94. The molecule has 3 heterocycles. The Labute approximate surface area is 153 Å². The Bertz CT molecular complexity index is 816. The number of nitrogens with one attached hydrogen (secondary N) is 1. The highest BCUT2D eigenvalue weighted by molar-refractivity contribution is 5.85. The van der Waals surface area contributed by atoms with Gasteiger partial charge in [-0.3, -0.25) is 9.47 Å². The first-order chi connectivity index (χ1) is 12.8. The van der Waals surface area contributed by atoms with Crippen LogP contribution in [0, 0.1) is 0 Å². The second kappa shape index (κ2) is 7.99. The van der Waals surface area contributed by atoms with Crippen molar-refractivity contribution in [2.75, 3.05) is 45.8 Å². The van der Waals surface area contributed by atoms with E-state index in [4.69, 9.17) is 5.73 Å². The van der Waals surface area contributed by atoms with Crippen LogP contribution in [0.25, 0.3) is 16.6 Å². The molecule has 0 saturated carbocycles. The molecule has 0 spiro atoms. The van der Waals surface area contributed by atoms with E-state index in [0.29, 0.717) is 0 Å².